The minimum atomic E-state index is -5.25. The van der Waals surface area contributed by atoms with Crippen molar-refractivity contribution in [2.24, 2.45) is 0 Å². The summed E-state index contributed by atoms with van der Waals surface area (Å²) in [6.45, 7) is 0. The van der Waals surface area contributed by atoms with Crippen LogP contribution in [-0.2, 0) is 26.7 Å². The first kappa shape index (κ1) is 18.0. The molecule has 2 aromatic rings. The van der Waals surface area contributed by atoms with Crippen molar-refractivity contribution in [3.63, 3.8) is 0 Å². The van der Waals surface area contributed by atoms with Crippen molar-refractivity contribution >= 4 is 11.9 Å². The Bertz CT molecular complexity index is 1070. The van der Waals surface area contributed by atoms with Crippen molar-refractivity contribution in [1.82, 2.24) is 0 Å². The number of ether oxygens (including phenoxy) is 1. The van der Waals surface area contributed by atoms with E-state index in [1.54, 1.807) is 24.3 Å². The number of carbonyl (C=O) groups excluding carboxylic acids is 2. The number of alkyl halides is 6. The molecule has 3 aliphatic carbocycles. The van der Waals surface area contributed by atoms with E-state index in [1.807, 2.05) is 0 Å². The number of hydrogen-bond donors (Lipinski definition) is 0. The summed E-state index contributed by atoms with van der Waals surface area (Å²) in [7, 11) is 0. The van der Waals surface area contributed by atoms with Gasteiger partial charge in [0.25, 0.3) is 0 Å². The smallest absolute Gasteiger partial charge is 0.386 e. The van der Waals surface area contributed by atoms with E-state index in [1.165, 1.54) is 0 Å². The maximum atomic E-state index is 13.4. The van der Waals surface area contributed by atoms with Crippen LogP contribution in [0.5, 0.6) is 0 Å². The van der Waals surface area contributed by atoms with Crippen LogP contribution in [0.2, 0.25) is 0 Å². The van der Waals surface area contributed by atoms with Gasteiger partial charge < -0.3 is 4.74 Å². The Hall–Kier alpha value is -3.10. The van der Waals surface area contributed by atoms with E-state index in [0.717, 1.165) is 0 Å². The number of carbonyl (C=O) groups is 2. The highest BCUT2D eigenvalue weighted by Crippen LogP contribution is 2.59. The molecule has 2 aromatic carbocycles. The fourth-order valence-electron chi connectivity index (χ4n) is 4.56. The number of benzene rings is 2. The highest BCUT2D eigenvalue weighted by atomic mass is 19.4. The van der Waals surface area contributed by atoms with Gasteiger partial charge in [-0.05, 0) is 34.4 Å². The molecule has 3 nitrogen and oxygen atoms in total. The first-order valence-electron chi connectivity index (χ1n) is 8.41. The lowest BCUT2D eigenvalue weighted by molar-refractivity contribution is -0.162. The van der Waals surface area contributed by atoms with Crippen LogP contribution in [0.3, 0.4) is 0 Å². The Morgan fingerprint density at radius 3 is 1.38 bits per heavy atom. The van der Waals surface area contributed by atoms with Crippen LogP contribution in [0.15, 0.2) is 47.5 Å². The van der Waals surface area contributed by atoms with E-state index in [0.29, 0.717) is 23.3 Å². The van der Waals surface area contributed by atoms with Crippen LogP contribution in [0.25, 0.3) is 0 Å². The third-order valence-electron chi connectivity index (χ3n) is 5.57. The molecule has 0 amide bonds. The zero-order chi connectivity index (χ0) is 20.9. The standard InChI is InChI=1S/C20H8F6O3/c21-19(22,23)11-5-9-10(6-12(11)20(24,25)26)14-8-4-2-1-3-7(8)13(9)15-16(14)18(28)29-17(15)27/h1-6,13-14H/t13-,14+. The van der Waals surface area contributed by atoms with Gasteiger partial charge in [-0.15, -0.1) is 0 Å². The topological polar surface area (TPSA) is 43.4 Å². The summed E-state index contributed by atoms with van der Waals surface area (Å²) in [4.78, 5) is 24.5. The number of esters is 2. The Kier molecular flexibility index (Phi) is 3.27. The Morgan fingerprint density at radius 1 is 0.655 bits per heavy atom. The zero-order valence-electron chi connectivity index (χ0n) is 14.1. The third kappa shape index (κ3) is 2.27. The molecule has 0 radical (unpaired) electrons. The molecule has 148 valence electrons. The lowest BCUT2D eigenvalue weighted by atomic mass is 9.61. The molecule has 0 N–H and O–H groups in total. The van der Waals surface area contributed by atoms with Crippen LogP contribution < -0.4 is 0 Å². The average molecular weight is 410 g/mol. The molecule has 0 spiro atoms. The van der Waals surface area contributed by atoms with Crippen LogP contribution in [-0.4, -0.2) is 11.9 Å². The lowest BCUT2D eigenvalue weighted by Gasteiger charge is -2.40. The lowest BCUT2D eigenvalue weighted by Crippen LogP contribution is -2.31. The molecule has 0 fully saturated rings. The van der Waals surface area contributed by atoms with Crippen molar-refractivity contribution in [3.05, 3.63) is 80.9 Å². The van der Waals surface area contributed by atoms with Crippen LogP contribution in [0, 0.1) is 0 Å². The van der Waals surface area contributed by atoms with E-state index < -0.39 is 47.3 Å². The molecule has 9 heteroatoms. The Labute approximate surface area is 158 Å². The Morgan fingerprint density at radius 2 is 1.03 bits per heavy atom. The summed E-state index contributed by atoms with van der Waals surface area (Å²) in [6.07, 6.45) is -10.5. The highest BCUT2D eigenvalue weighted by Gasteiger charge is 2.54. The molecule has 1 heterocycles. The summed E-state index contributed by atoms with van der Waals surface area (Å²) in [5.41, 5.74) is -3.04. The molecule has 2 bridgehead atoms. The SMILES string of the molecule is O=C1OC(=O)C2=C1[C@@H]1c3ccccc3[C@H]2c2cc(C(F)(F)F)c(C(F)(F)F)cc21. The predicted molar refractivity (Wildman–Crippen MR) is 84.7 cm³/mol. The van der Waals surface area contributed by atoms with Crippen molar-refractivity contribution in [2.45, 2.75) is 24.2 Å². The fourth-order valence-corrected chi connectivity index (χ4v) is 4.56. The number of halogens is 6. The molecule has 29 heavy (non-hydrogen) atoms. The number of rotatable bonds is 0. The normalized spacial score (nSPS) is 22.4. The molecular formula is C20H8F6O3. The third-order valence-corrected chi connectivity index (χ3v) is 5.57. The molecule has 0 unspecified atom stereocenters. The number of cyclic esters (lactones) is 2. The first-order valence-corrected chi connectivity index (χ1v) is 8.41. The monoisotopic (exact) mass is 410 g/mol. The maximum absolute atomic E-state index is 13.4. The molecule has 6 rings (SSSR count). The second-order valence-electron chi connectivity index (χ2n) is 7.02. The summed E-state index contributed by atoms with van der Waals surface area (Å²) in [6, 6.07) is 7.28. The van der Waals surface area contributed by atoms with Gasteiger partial charge in [0, 0.05) is 11.8 Å². The molecule has 0 saturated carbocycles. The van der Waals surface area contributed by atoms with Gasteiger partial charge in [-0.3, -0.25) is 0 Å². The van der Waals surface area contributed by atoms with Gasteiger partial charge in [0.15, 0.2) is 0 Å². The minimum absolute atomic E-state index is 0.0700. The summed E-state index contributed by atoms with van der Waals surface area (Å²) in [5, 5.41) is 0. The molecular weight excluding hydrogens is 402 g/mol. The summed E-state index contributed by atoms with van der Waals surface area (Å²) in [5.74, 6) is -4.14. The van der Waals surface area contributed by atoms with Gasteiger partial charge in [-0.2, -0.15) is 26.3 Å². The van der Waals surface area contributed by atoms with Crippen molar-refractivity contribution in [3.8, 4) is 0 Å². The van der Waals surface area contributed by atoms with Crippen molar-refractivity contribution < 1.29 is 40.7 Å². The van der Waals surface area contributed by atoms with Crippen LogP contribution in [0.1, 0.15) is 45.2 Å². The molecule has 4 aliphatic rings. The Balaban J connectivity index is 1.87. The summed E-state index contributed by atoms with van der Waals surface area (Å²) < 4.78 is 85.3. The van der Waals surface area contributed by atoms with E-state index in [2.05, 4.69) is 4.74 Å². The largest absolute Gasteiger partial charge is 0.417 e. The van der Waals surface area contributed by atoms with Gasteiger partial charge >= 0.3 is 24.3 Å². The van der Waals surface area contributed by atoms with Gasteiger partial charge in [0.2, 0.25) is 0 Å². The molecule has 0 aromatic heterocycles. The van der Waals surface area contributed by atoms with Gasteiger partial charge in [0.1, 0.15) is 0 Å². The highest BCUT2D eigenvalue weighted by molar-refractivity contribution is 6.16. The molecule has 1 aliphatic heterocycles. The van der Waals surface area contributed by atoms with E-state index in [-0.39, 0.29) is 22.3 Å². The fraction of sp³-hybridized carbons (Fsp3) is 0.200. The van der Waals surface area contributed by atoms with Gasteiger partial charge in [0.05, 0.1) is 22.3 Å². The van der Waals surface area contributed by atoms with Crippen molar-refractivity contribution in [1.29, 1.82) is 0 Å². The summed E-state index contributed by atoms with van der Waals surface area (Å²) >= 11 is 0. The van der Waals surface area contributed by atoms with Gasteiger partial charge in [-0.25, -0.2) is 9.59 Å². The number of hydrogen-bond acceptors (Lipinski definition) is 3. The quantitative estimate of drug-likeness (QED) is 0.360. The second-order valence-corrected chi connectivity index (χ2v) is 7.02. The first-order chi connectivity index (χ1) is 13.5. The minimum Gasteiger partial charge on any atom is -0.386 e. The van der Waals surface area contributed by atoms with E-state index in [4.69, 9.17) is 0 Å². The zero-order valence-corrected chi connectivity index (χ0v) is 14.1. The van der Waals surface area contributed by atoms with Gasteiger partial charge in [-0.1, -0.05) is 24.3 Å². The van der Waals surface area contributed by atoms with Crippen molar-refractivity contribution in [2.75, 3.05) is 0 Å². The molecule has 0 saturated heterocycles. The average Bonchev–Trinajstić information content (AvgIpc) is 2.94. The van der Waals surface area contributed by atoms with E-state index in [9.17, 15) is 35.9 Å². The van der Waals surface area contributed by atoms with Crippen LogP contribution in [0.4, 0.5) is 26.3 Å². The maximum Gasteiger partial charge on any atom is 0.417 e. The predicted octanol–water partition coefficient (Wildman–Crippen LogP) is 4.70. The van der Waals surface area contributed by atoms with E-state index >= 15 is 0 Å². The van der Waals surface area contributed by atoms with Crippen LogP contribution >= 0.6 is 0 Å². The second kappa shape index (κ2) is 5.28. The molecule has 2 atom stereocenters.